The fraction of sp³-hybridized carbons (Fsp3) is 1.00. The molecule has 0 aliphatic carbocycles. The van der Waals surface area contributed by atoms with Crippen molar-refractivity contribution in [1.82, 2.24) is 10.3 Å². The fourth-order valence-electron chi connectivity index (χ4n) is 1.35. The molecule has 0 spiro atoms. The maximum atomic E-state index is 5.72. The van der Waals surface area contributed by atoms with Gasteiger partial charge in [0, 0.05) is 25.7 Å². The molecule has 1 atom stereocenters. The highest BCUT2D eigenvalue weighted by molar-refractivity contribution is 4.85. The van der Waals surface area contributed by atoms with E-state index in [4.69, 9.17) is 5.84 Å². The highest BCUT2D eigenvalue weighted by Crippen LogP contribution is 2.20. The van der Waals surface area contributed by atoms with E-state index in [0.717, 1.165) is 19.6 Å². The third kappa shape index (κ3) is 2.43. The summed E-state index contributed by atoms with van der Waals surface area (Å²) in [4.78, 5) is 0. The van der Waals surface area contributed by atoms with Crippen molar-refractivity contribution in [2.45, 2.75) is 26.8 Å². The Balaban J connectivity index is 2.46. The van der Waals surface area contributed by atoms with E-state index in [1.54, 1.807) is 0 Å². The van der Waals surface area contributed by atoms with Crippen molar-refractivity contribution in [2.24, 2.45) is 11.3 Å². The number of nitrogens with two attached hydrogens (primary N) is 1. The lowest BCUT2D eigenvalue weighted by Crippen LogP contribution is -2.57. The van der Waals surface area contributed by atoms with Gasteiger partial charge in [0.2, 0.25) is 0 Å². The van der Waals surface area contributed by atoms with Crippen LogP contribution in [0.2, 0.25) is 0 Å². The quantitative estimate of drug-likeness (QED) is 0.493. The van der Waals surface area contributed by atoms with E-state index in [9.17, 15) is 0 Å². The van der Waals surface area contributed by atoms with Gasteiger partial charge in [0.25, 0.3) is 0 Å². The third-order valence-electron chi connectivity index (χ3n) is 2.25. The Labute approximate surface area is 68.9 Å². The summed E-state index contributed by atoms with van der Waals surface area (Å²) in [6.07, 6.45) is 0. The zero-order valence-electron chi connectivity index (χ0n) is 7.72. The fourth-order valence-corrected chi connectivity index (χ4v) is 1.35. The van der Waals surface area contributed by atoms with Gasteiger partial charge in [-0.1, -0.05) is 20.8 Å². The Morgan fingerprint density at radius 2 is 2.09 bits per heavy atom. The maximum absolute atomic E-state index is 5.72. The zero-order chi connectivity index (χ0) is 8.48. The molecule has 1 heterocycles. The molecule has 1 aliphatic rings. The first kappa shape index (κ1) is 8.97. The largest absolute Gasteiger partial charge is 0.311 e. The first-order chi connectivity index (χ1) is 5.00. The van der Waals surface area contributed by atoms with Crippen molar-refractivity contribution >= 4 is 0 Å². The van der Waals surface area contributed by atoms with Gasteiger partial charge in [0.15, 0.2) is 0 Å². The molecule has 0 radical (unpaired) electrons. The van der Waals surface area contributed by atoms with Gasteiger partial charge in [-0.25, -0.2) is 5.01 Å². The number of hydrogen-bond donors (Lipinski definition) is 2. The van der Waals surface area contributed by atoms with Crippen molar-refractivity contribution in [2.75, 3.05) is 19.6 Å². The van der Waals surface area contributed by atoms with E-state index in [1.807, 2.05) is 5.01 Å². The first-order valence-electron chi connectivity index (χ1n) is 4.23. The number of piperazine rings is 1. The van der Waals surface area contributed by atoms with E-state index in [0.29, 0.717) is 11.5 Å². The Bertz CT molecular complexity index is 128. The molecule has 1 fully saturated rings. The van der Waals surface area contributed by atoms with Gasteiger partial charge in [0.1, 0.15) is 0 Å². The third-order valence-corrected chi connectivity index (χ3v) is 2.25. The molecule has 0 bridgehead atoms. The van der Waals surface area contributed by atoms with Crippen LogP contribution in [0.15, 0.2) is 0 Å². The Morgan fingerprint density at radius 3 is 2.45 bits per heavy atom. The van der Waals surface area contributed by atoms with Crippen LogP contribution in [-0.2, 0) is 0 Å². The lowest BCUT2D eigenvalue weighted by atomic mass is 9.86. The summed E-state index contributed by atoms with van der Waals surface area (Å²) in [6.45, 7) is 9.66. The molecule has 11 heavy (non-hydrogen) atoms. The van der Waals surface area contributed by atoms with Crippen molar-refractivity contribution in [3.63, 3.8) is 0 Å². The highest BCUT2D eigenvalue weighted by Gasteiger charge is 2.27. The van der Waals surface area contributed by atoms with Crippen LogP contribution in [0.5, 0.6) is 0 Å². The van der Waals surface area contributed by atoms with E-state index < -0.39 is 0 Å². The Kier molecular flexibility index (Phi) is 2.52. The van der Waals surface area contributed by atoms with E-state index in [1.165, 1.54) is 0 Å². The predicted molar refractivity (Wildman–Crippen MR) is 47.0 cm³/mol. The average molecular weight is 157 g/mol. The van der Waals surface area contributed by atoms with Crippen molar-refractivity contribution in [3.05, 3.63) is 0 Å². The van der Waals surface area contributed by atoms with Crippen LogP contribution in [0.1, 0.15) is 20.8 Å². The van der Waals surface area contributed by atoms with Crippen molar-refractivity contribution < 1.29 is 0 Å². The molecular formula is C8H19N3. The van der Waals surface area contributed by atoms with E-state index in [2.05, 4.69) is 26.1 Å². The van der Waals surface area contributed by atoms with Gasteiger partial charge in [-0.05, 0) is 5.41 Å². The van der Waals surface area contributed by atoms with Gasteiger partial charge in [-0.2, -0.15) is 0 Å². The zero-order valence-corrected chi connectivity index (χ0v) is 7.72. The molecule has 1 rings (SSSR count). The Morgan fingerprint density at radius 1 is 1.45 bits per heavy atom. The van der Waals surface area contributed by atoms with E-state index in [-0.39, 0.29) is 0 Å². The van der Waals surface area contributed by atoms with E-state index >= 15 is 0 Å². The summed E-state index contributed by atoms with van der Waals surface area (Å²) in [7, 11) is 0. The minimum Gasteiger partial charge on any atom is -0.311 e. The Hall–Kier alpha value is -0.120. The standard InChI is InChI=1S/C8H19N3/c1-8(2,3)7-6-11(9)5-4-10-7/h7,10H,4-6,9H2,1-3H3. The number of nitrogens with one attached hydrogen (secondary N) is 1. The minimum absolute atomic E-state index is 0.318. The summed E-state index contributed by atoms with van der Waals surface area (Å²) < 4.78 is 0. The molecule has 0 aromatic rings. The summed E-state index contributed by atoms with van der Waals surface area (Å²) in [6, 6.07) is 0.529. The summed E-state index contributed by atoms with van der Waals surface area (Å²) >= 11 is 0. The lowest BCUT2D eigenvalue weighted by molar-refractivity contribution is 0.136. The molecule has 1 unspecified atom stereocenters. The maximum Gasteiger partial charge on any atom is 0.0288 e. The number of nitrogens with zero attached hydrogens (tertiary/aromatic N) is 1. The molecule has 0 saturated carbocycles. The lowest BCUT2D eigenvalue weighted by Gasteiger charge is -2.38. The monoisotopic (exact) mass is 157 g/mol. The molecule has 3 heteroatoms. The molecule has 66 valence electrons. The van der Waals surface area contributed by atoms with Gasteiger partial charge in [-0.15, -0.1) is 0 Å². The van der Waals surface area contributed by atoms with Gasteiger partial charge in [0.05, 0.1) is 0 Å². The summed E-state index contributed by atoms with van der Waals surface area (Å²) in [5.74, 6) is 5.72. The predicted octanol–water partition coefficient (Wildman–Crippen LogP) is 0.180. The number of rotatable bonds is 0. The van der Waals surface area contributed by atoms with Crippen LogP contribution in [0.25, 0.3) is 0 Å². The second-order valence-corrected chi connectivity index (χ2v) is 4.37. The normalized spacial score (nSPS) is 28.9. The van der Waals surface area contributed by atoms with Crippen molar-refractivity contribution in [1.29, 1.82) is 0 Å². The molecule has 0 aromatic carbocycles. The van der Waals surface area contributed by atoms with Crippen LogP contribution < -0.4 is 11.2 Å². The highest BCUT2D eigenvalue weighted by atomic mass is 15.4. The summed E-state index contributed by atoms with van der Waals surface area (Å²) in [5, 5.41) is 5.36. The number of hydrazine groups is 1. The number of hydrogen-bond acceptors (Lipinski definition) is 3. The first-order valence-corrected chi connectivity index (χ1v) is 4.23. The average Bonchev–Trinajstić information content (AvgIpc) is 1.86. The second kappa shape index (κ2) is 3.09. The van der Waals surface area contributed by atoms with Gasteiger partial charge in [-0.3, -0.25) is 5.84 Å². The molecular weight excluding hydrogens is 138 g/mol. The topological polar surface area (TPSA) is 41.3 Å². The van der Waals surface area contributed by atoms with Crippen LogP contribution in [0.4, 0.5) is 0 Å². The second-order valence-electron chi connectivity index (χ2n) is 4.37. The van der Waals surface area contributed by atoms with Crippen LogP contribution in [0, 0.1) is 5.41 Å². The van der Waals surface area contributed by atoms with Crippen LogP contribution in [-0.4, -0.2) is 30.7 Å². The van der Waals surface area contributed by atoms with Crippen LogP contribution >= 0.6 is 0 Å². The molecule has 0 aromatic heterocycles. The molecule has 3 N–H and O–H groups in total. The molecule has 0 amide bonds. The summed E-state index contributed by atoms with van der Waals surface area (Å²) in [5.41, 5.74) is 0.318. The SMILES string of the molecule is CC(C)(C)C1CN(N)CCN1. The van der Waals surface area contributed by atoms with Crippen molar-refractivity contribution in [3.8, 4) is 0 Å². The molecule has 1 aliphatic heterocycles. The van der Waals surface area contributed by atoms with Gasteiger partial charge >= 0.3 is 0 Å². The molecule has 1 saturated heterocycles. The minimum atomic E-state index is 0.318. The smallest absolute Gasteiger partial charge is 0.0288 e. The van der Waals surface area contributed by atoms with Crippen LogP contribution in [0.3, 0.4) is 0 Å². The molecule has 3 nitrogen and oxygen atoms in total. The van der Waals surface area contributed by atoms with Gasteiger partial charge < -0.3 is 5.32 Å².